The van der Waals surface area contributed by atoms with Crippen LogP contribution in [-0.4, -0.2) is 32.3 Å². The molecule has 0 fully saturated rings. The van der Waals surface area contributed by atoms with Crippen molar-refractivity contribution in [2.24, 2.45) is 0 Å². The lowest BCUT2D eigenvalue weighted by molar-refractivity contribution is -0.119. The second-order valence-electron chi connectivity index (χ2n) is 4.99. The number of halogens is 1. The van der Waals surface area contributed by atoms with Crippen LogP contribution in [0.25, 0.3) is 0 Å². The van der Waals surface area contributed by atoms with Gasteiger partial charge >= 0.3 is 0 Å². The maximum atomic E-state index is 13.2. The minimum Gasteiger partial charge on any atom is -0.487 e. The Hall–Kier alpha value is -1.62. The van der Waals surface area contributed by atoms with Crippen molar-refractivity contribution < 1.29 is 18.7 Å². The molecule has 0 saturated carbocycles. The quantitative estimate of drug-likeness (QED) is 0.779. The summed E-state index contributed by atoms with van der Waals surface area (Å²) in [5.41, 5.74) is 0.654. The maximum absolute atomic E-state index is 13.2. The number of amides is 1. The van der Waals surface area contributed by atoms with Gasteiger partial charge in [-0.2, -0.15) is 0 Å². The lowest BCUT2D eigenvalue weighted by atomic mass is 10.1. The van der Waals surface area contributed by atoms with Gasteiger partial charge in [-0.1, -0.05) is 0 Å². The van der Waals surface area contributed by atoms with Crippen molar-refractivity contribution in [3.8, 4) is 5.75 Å². The molecule has 1 aromatic rings. The van der Waals surface area contributed by atoms with Crippen LogP contribution in [0.2, 0.25) is 0 Å². The van der Waals surface area contributed by atoms with Crippen molar-refractivity contribution in [2.75, 3.05) is 25.2 Å². The lowest BCUT2D eigenvalue weighted by Crippen LogP contribution is -2.42. The molecular weight excluding hydrogens is 261 g/mol. The van der Waals surface area contributed by atoms with Gasteiger partial charge < -0.3 is 14.4 Å². The third kappa shape index (κ3) is 3.48. The number of anilines is 1. The Kier molecular flexibility index (Phi) is 4.95. The summed E-state index contributed by atoms with van der Waals surface area (Å²) in [6.45, 7) is 3.04. The highest BCUT2D eigenvalue weighted by molar-refractivity contribution is 5.95. The molecule has 1 atom stereocenters. The molecule has 0 aromatic heterocycles. The van der Waals surface area contributed by atoms with Crippen LogP contribution >= 0.6 is 0 Å². The molecular formula is C15H20FNO3. The van der Waals surface area contributed by atoms with E-state index in [9.17, 15) is 9.18 Å². The molecule has 1 heterocycles. The minimum absolute atomic E-state index is 0.0455. The second kappa shape index (κ2) is 6.70. The van der Waals surface area contributed by atoms with E-state index >= 15 is 0 Å². The Labute approximate surface area is 118 Å². The number of methoxy groups -OCH3 is 1. The number of carbonyl (C=O) groups excluding carboxylic acids is 1. The van der Waals surface area contributed by atoms with Gasteiger partial charge in [-0.15, -0.1) is 0 Å². The first-order valence-electron chi connectivity index (χ1n) is 6.87. The number of unbranched alkanes of at least 4 members (excludes halogenated alkanes) is 1. The molecule has 0 bridgehead atoms. The molecule has 0 aliphatic carbocycles. The summed E-state index contributed by atoms with van der Waals surface area (Å²) < 4.78 is 23.8. The molecule has 110 valence electrons. The first kappa shape index (κ1) is 14.8. The molecule has 0 radical (unpaired) electrons. The molecule has 20 heavy (non-hydrogen) atoms. The van der Waals surface area contributed by atoms with Crippen LogP contribution < -0.4 is 9.64 Å². The number of carbonyl (C=O) groups is 1. The van der Waals surface area contributed by atoms with Gasteiger partial charge in [-0.25, -0.2) is 4.39 Å². The Morgan fingerprint density at radius 3 is 3.05 bits per heavy atom. The number of fused-ring (bicyclic) bond motifs is 1. The summed E-state index contributed by atoms with van der Waals surface area (Å²) in [6, 6.07) is 4.28. The molecule has 1 aliphatic rings. The summed E-state index contributed by atoms with van der Waals surface area (Å²) in [5.74, 6) is 0.128. The molecule has 1 aromatic carbocycles. The highest BCUT2D eigenvalue weighted by Gasteiger charge is 2.27. The Balaban J connectivity index is 2.06. The number of ether oxygens (including phenoxy) is 2. The predicted octanol–water partition coefficient (Wildman–Crippen LogP) is 2.76. The number of rotatable bonds is 5. The Morgan fingerprint density at radius 2 is 2.30 bits per heavy atom. The summed E-state index contributed by atoms with van der Waals surface area (Å²) in [7, 11) is 1.65. The highest BCUT2D eigenvalue weighted by atomic mass is 19.1. The molecule has 0 spiro atoms. The Morgan fingerprint density at radius 1 is 1.50 bits per heavy atom. The summed E-state index contributed by atoms with van der Waals surface area (Å²) in [5, 5.41) is 0. The van der Waals surface area contributed by atoms with E-state index in [1.54, 1.807) is 18.1 Å². The van der Waals surface area contributed by atoms with Gasteiger partial charge in [0, 0.05) is 26.2 Å². The fraction of sp³-hybridized carbons (Fsp3) is 0.533. The van der Waals surface area contributed by atoms with Gasteiger partial charge in [0.05, 0.1) is 12.2 Å². The van der Waals surface area contributed by atoms with Crippen LogP contribution in [0.3, 0.4) is 0 Å². The fourth-order valence-corrected chi connectivity index (χ4v) is 2.31. The van der Waals surface area contributed by atoms with Crippen LogP contribution in [0.1, 0.15) is 26.2 Å². The standard InChI is InChI=1S/C15H20FNO3/c1-11-10-17(15(18)5-3-4-8-19-2)13-7-6-12(16)9-14(13)20-11/h6-7,9,11H,3-5,8,10H2,1-2H3/t11-/m1/s1. The molecule has 1 amide bonds. The van der Waals surface area contributed by atoms with Crippen LogP contribution in [-0.2, 0) is 9.53 Å². The van der Waals surface area contributed by atoms with Crippen LogP contribution in [0.4, 0.5) is 10.1 Å². The average molecular weight is 281 g/mol. The fourth-order valence-electron chi connectivity index (χ4n) is 2.31. The summed E-state index contributed by atoms with van der Waals surface area (Å²) in [6.07, 6.45) is 1.98. The maximum Gasteiger partial charge on any atom is 0.227 e. The van der Waals surface area contributed by atoms with E-state index in [1.165, 1.54) is 12.1 Å². The van der Waals surface area contributed by atoms with E-state index in [-0.39, 0.29) is 17.8 Å². The zero-order valence-electron chi connectivity index (χ0n) is 11.9. The summed E-state index contributed by atoms with van der Waals surface area (Å²) >= 11 is 0. The minimum atomic E-state index is -0.356. The Bertz CT molecular complexity index is 478. The monoisotopic (exact) mass is 281 g/mol. The molecule has 2 rings (SSSR count). The van der Waals surface area contributed by atoms with Crippen molar-refractivity contribution in [3.05, 3.63) is 24.0 Å². The van der Waals surface area contributed by atoms with E-state index in [4.69, 9.17) is 9.47 Å². The van der Waals surface area contributed by atoms with Crippen molar-refractivity contribution in [3.63, 3.8) is 0 Å². The van der Waals surface area contributed by atoms with E-state index in [0.29, 0.717) is 31.0 Å². The SMILES string of the molecule is COCCCCC(=O)N1C[C@@H](C)Oc2cc(F)ccc21. The predicted molar refractivity (Wildman–Crippen MR) is 74.6 cm³/mol. The second-order valence-corrected chi connectivity index (χ2v) is 4.99. The van der Waals surface area contributed by atoms with Crippen molar-refractivity contribution in [1.29, 1.82) is 0 Å². The first-order chi connectivity index (χ1) is 9.61. The van der Waals surface area contributed by atoms with E-state index in [2.05, 4.69) is 0 Å². The number of hydrogen-bond acceptors (Lipinski definition) is 3. The van der Waals surface area contributed by atoms with Crippen LogP contribution in [0.5, 0.6) is 5.75 Å². The van der Waals surface area contributed by atoms with Crippen molar-refractivity contribution in [1.82, 2.24) is 0 Å². The first-order valence-corrected chi connectivity index (χ1v) is 6.87. The van der Waals surface area contributed by atoms with E-state index in [0.717, 1.165) is 12.8 Å². The normalized spacial score (nSPS) is 17.6. The van der Waals surface area contributed by atoms with Crippen molar-refractivity contribution >= 4 is 11.6 Å². The number of hydrogen-bond donors (Lipinski definition) is 0. The molecule has 1 aliphatic heterocycles. The number of benzene rings is 1. The van der Waals surface area contributed by atoms with Crippen molar-refractivity contribution in [2.45, 2.75) is 32.3 Å². The van der Waals surface area contributed by atoms with Gasteiger partial charge in [0.15, 0.2) is 0 Å². The number of nitrogens with zero attached hydrogens (tertiary/aromatic N) is 1. The zero-order valence-corrected chi connectivity index (χ0v) is 11.9. The molecule has 5 heteroatoms. The van der Waals surface area contributed by atoms with Gasteiger partial charge in [-0.05, 0) is 31.9 Å². The van der Waals surface area contributed by atoms with Gasteiger partial charge in [0.2, 0.25) is 5.91 Å². The smallest absolute Gasteiger partial charge is 0.227 e. The van der Waals surface area contributed by atoms with Crippen LogP contribution in [0.15, 0.2) is 18.2 Å². The zero-order chi connectivity index (χ0) is 14.5. The highest BCUT2D eigenvalue weighted by Crippen LogP contribution is 2.34. The van der Waals surface area contributed by atoms with Crippen LogP contribution in [0, 0.1) is 5.82 Å². The lowest BCUT2D eigenvalue weighted by Gasteiger charge is -2.33. The molecule has 0 saturated heterocycles. The molecule has 0 N–H and O–H groups in total. The van der Waals surface area contributed by atoms with E-state index < -0.39 is 0 Å². The van der Waals surface area contributed by atoms with E-state index in [1.807, 2.05) is 6.92 Å². The largest absolute Gasteiger partial charge is 0.487 e. The molecule has 4 nitrogen and oxygen atoms in total. The van der Waals surface area contributed by atoms with Gasteiger partial charge in [-0.3, -0.25) is 4.79 Å². The third-order valence-electron chi connectivity index (χ3n) is 3.27. The average Bonchev–Trinajstić information content (AvgIpc) is 2.42. The van der Waals surface area contributed by atoms with Gasteiger partial charge in [0.25, 0.3) is 0 Å². The summed E-state index contributed by atoms with van der Waals surface area (Å²) in [4.78, 5) is 14.0. The van der Waals surface area contributed by atoms with Gasteiger partial charge in [0.1, 0.15) is 17.7 Å². The third-order valence-corrected chi connectivity index (χ3v) is 3.27. The molecule has 0 unspecified atom stereocenters. The topological polar surface area (TPSA) is 38.8 Å².